The third-order valence-electron chi connectivity index (χ3n) is 2.08. The third kappa shape index (κ3) is 4.64. The molecular weight excluding hydrogens is 202 g/mol. The lowest BCUT2D eigenvalue weighted by molar-refractivity contribution is -0.145. The Bertz CT molecular complexity index is 219. The van der Waals surface area contributed by atoms with E-state index < -0.39 is 6.09 Å². The van der Waals surface area contributed by atoms with Crippen LogP contribution in [0.15, 0.2) is 0 Å². The van der Waals surface area contributed by atoms with E-state index in [1.807, 2.05) is 0 Å². The maximum Gasteiger partial charge on any atom is 0.404 e. The van der Waals surface area contributed by atoms with Gasteiger partial charge in [0.05, 0.1) is 12.2 Å². The lowest BCUT2D eigenvalue weighted by Crippen LogP contribution is -2.24. The van der Waals surface area contributed by atoms with Gasteiger partial charge in [0.2, 0.25) is 0 Å². The molecule has 0 aromatic heterocycles. The maximum atomic E-state index is 10.5. The monoisotopic (exact) mass is 217 g/mol. The average molecular weight is 217 g/mol. The summed E-state index contributed by atoms with van der Waals surface area (Å²) < 4.78 is 14.9. The van der Waals surface area contributed by atoms with Crippen molar-refractivity contribution in [2.45, 2.75) is 32.0 Å². The summed E-state index contributed by atoms with van der Waals surface area (Å²) in [7, 11) is 0. The van der Waals surface area contributed by atoms with E-state index in [2.05, 4.69) is 4.74 Å². The van der Waals surface area contributed by atoms with Crippen molar-refractivity contribution in [2.24, 2.45) is 5.73 Å². The molecule has 0 aliphatic carbocycles. The summed E-state index contributed by atoms with van der Waals surface area (Å²) in [6, 6.07) is 0. The first-order chi connectivity index (χ1) is 7.08. The van der Waals surface area contributed by atoms with Crippen molar-refractivity contribution >= 4 is 12.1 Å². The molecular formula is C9H15NO5. The molecule has 6 heteroatoms. The Labute approximate surface area is 87.7 Å². The van der Waals surface area contributed by atoms with Gasteiger partial charge in [-0.3, -0.25) is 4.79 Å². The first-order valence-corrected chi connectivity index (χ1v) is 4.79. The molecule has 1 rings (SSSR count). The molecule has 0 spiro atoms. The van der Waals surface area contributed by atoms with Gasteiger partial charge >= 0.3 is 12.1 Å². The number of hydrogen-bond acceptors (Lipinski definition) is 5. The smallest absolute Gasteiger partial charge is 0.404 e. The molecule has 1 aliphatic rings. The number of carbonyl (C=O) groups is 2. The van der Waals surface area contributed by atoms with Crippen LogP contribution in [-0.2, 0) is 19.0 Å². The van der Waals surface area contributed by atoms with Crippen molar-refractivity contribution in [3.05, 3.63) is 0 Å². The van der Waals surface area contributed by atoms with Gasteiger partial charge in [-0.1, -0.05) is 0 Å². The van der Waals surface area contributed by atoms with E-state index in [4.69, 9.17) is 15.2 Å². The zero-order valence-corrected chi connectivity index (χ0v) is 8.60. The van der Waals surface area contributed by atoms with Gasteiger partial charge < -0.3 is 19.9 Å². The summed E-state index contributed by atoms with van der Waals surface area (Å²) in [6.07, 6.45) is 0.523. The van der Waals surface area contributed by atoms with Gasteiger partial charge in [0, 0.05) is 6.92 Å². The number of nitrogens with two attached hydrogens (primary N) is 1. The van der Waals surface area contributed by atoms with E-state index >= 15 is 0 Å². The first kappa shape index (κ1) is 11.8. The third-order valence-corrected chi connectivity index (χ3v) is 2.08. The molecule has 0 aromatic carbocycles. The van der Waals surface area contributed by atoms with Crippen molar-refractivity contribution in [3.63, 3.8) is 0 Å². The van der Waals surface area contributed by atoms with E-state index in [9.17, 15) is 9.59 Å². The normalized spacial score (nSPS) is 24.9. The van der Waals surface area contributed by atoms with Gasteiger partial charge in [0.1, 0.15) is 13.2 Å². The molecule has 86 valence electrons. The van der Waals surface area contributed by atoms with Crippen molar-refractivity contribution in [2.75, 3.05) is 13.2 Å². The number of amides is 1. The molecule has 0 bridgehead atoms. The van der Waals surface area contributed by atoms with Gasteiger partial charge in [-0.15, -0.1) is 0 Å². The van der Waals surface area contributed by atoms with Crippen LogP contribution in [0.1, 0.15) is 19.8 Å². The van der Waals surface area contributed by atoms with E-state index in [1.54, 1.807) is 0 Å². The largest absolute Gasteiger partial charge is 0.463 e. The molecule has 1 aliphatic heterocycles. The van der Waals surface area contributed by atoms with Gasteiger partial charge in [-0.25, -0.2) is 4.79 Å². The van der Waals surface area contributed by atoms with Crippen LogP contribution in [0.5, 0.6) is 0 Å². The van der Waals surface area contributed by atoms with E-state index in [-0.39, 0.29) is 31.4 Å². The predicted molar refractivity (Wildman–Crippen MR) is 50.1 cm³/mol. The molecule has 0 radical (unpaired) electrons. The molecule has 1 saturated heterocycles. The Morgan fingerprint density at radius 2 is 1.80 bits per heavy atom. The van der Waals surface area contributed by atoms with Crippen LogP contribution in [0, 0.1) is 0 Å². The molecule has 0 aromatic rings. The van der Waals surface area contributed by atoms with Crippen molar-refractivity contribution < 1.29 is 23.8 Å². The summed E-state index contributed by atoms with van der Waals surface area (Å²) in [5, 5.41) is 0. The molecule has 1 amide bonds. The zero-order valence-electron chi connectivity index (χ0n) is 8.60. The minimum absolute atomic E-state index is 0.102. The van der Waals surface area contributed by atoms with Crippen molar-refractivity contribution in [1.82, 2.24) is 0 Å². The van der Waals surface area contributed by atoms with Crippen molar-refractivity contribution in [1.29, 1.82) is 0 Å². The molecule has 15 heavy (non-hydrogen) atoms. The van der Waals surface area contributed by atoms with Crippen LogP contribution in [0.2, 0.25) is 0 Å². The highest BCUT2D eigenvalue weighted by Crippen LogP contribution is 2.20. The summed E-state index contributed by atoms with van der Waals surface area (Å²) in [5.74, 6) is -0.324. The molecule has 0 saturated carbocycles. The Balaban J connectivity index is 2.15. The van der Waals surface area contributed by atoms with Crippen LogP contribution in [0.4, 0.5) is 4.79 Å². The number of rotatable bonds is 4. The fourth-order valence-corrected chi connectivity index (χ4v) is 1.41. The fraction of sp³-hybridized carbons (Fsp3) is 0.778. The van der Waals surface area contributed by atoms with Crippen LogP contribution in [0.25, 0.3) is 0 Å². The van der Waals surface area contributed by atoms with E-state index in [0.717, 1.165) is 12.8 Å². The Kier molecular flexibility index (Phi) is 4.36. The zero-order chi connectivity index (χ0) is 11.3. The lowest BCUT2D eigenvalue weighted by atomic mass is 10.2. The van der Waals surface area contributed by atoms with Gasteiger partial charge in [0.25, 0.3) is 0 Å². The van der Waals surface area contributed by atoms with Gasteiger partial charge in [0.15, 0.2) is 0 Å². The molecule has 1 heterocycles. The maximum absolute atomic E-state index is 10.5. The highest BCUT2D eigenvalue weighted by molar-refractivity contribution is 5.65. The molecule has 6 nitrogen and oxygen atoms in total. The quantitative estimate of drug-likeness (QED) is 0.679. The first-order valence-electron chi connectivity index (χ1n) is 4.79. The molecule has 1 fully saturated rings. The second kappa shape index (κ2) is 5.55. The SMILES string of the molecule is CC(=O)OCC1CCC(COC(N)=O)O1. The van der Waals surface area contributed by atoms with Crippen LogP contribution < -0.4 is 5.73 Å². The van der Waals surface area contributed by atoms with E-state index in [1.165, 1.54) is 6.92 Å². The van der Waals surface area contributed by atoms with E-state index in [0.29, 0.717) is 0 Å². The summed E-state index contributed by atoms with van der Waals surface area (Å²) in [6.45, 7) is 1.76. The number of esters is 1. The Morgan fingerprint density at radius 1 is 1.27 bits per heavy atom. The number of hydrogen-bond donors (Lipinski definition) is 1. The lowest BCUT2D eigenvalue weighted by Gasteiger charge is -2.12. The van der Waals surface area contributed by atoms with Crippen molar-refractivity contribution in [3.8, 4) is 0 Å². The van der Waals surface area contributed by atoms with Crippen LogP contribution in [0.3, 0.4) is 0 Å². The summed E-state index contributed by atoms with van der Waals surface area (Å²) in [5.41, 5.74) is 4.82. The van der Waals surface area contributed by atoms with Crippen LogP contribution in [-0.4, -0.2) is 37.5 Å². The number of primary amides is 1. The molecule has 2 N–H and O–H groups in total. The second-order valence-electron chi connectivity index (χ2n) is 3.39. The fourth-order valence-electron chi connectivity index (χ4n) is 1.41. The molecule has 2 atom stereocenters. The minimum Gasteiger partial charge on any atom is -0.463 e. The second-order valence-corrected chi connectivity index (χ2v) is 3.39. The standard InChI is InChI=1S/C9H15NO5/c1-6(11)13-4-7-2-3-8(15-7)5-14-9(10)12/h7-8H,2-5H2,1H3,(H2,10,12). The molecule has 2 unspecified atom stereocenters. The topological polar surface area (TPSA) is 87.9 Å². The number of carbonyl (C=O) groups excluding carboxylic acids is 2. The minimum atomic E-state index is -0.804. The van der Waals surface area contributed by atoms with Gasteiger partial charge in [-0.2, -0.15) is 0 Å². The summed E-state index contributed by atoms with van der Waals surface area (Å²) in [4.78, 5) is 20.9. The Morgan fingerprint density at radius 3 is 2.27 bits per heavy atom. The number of ether oxygens (including phenoxy) is 3. The predicted octanol–water partition coefficient (Wildman–Crippen LogP) is 0.192. The average Bonchev–Trinajstić information content (AvgIpc) is 2.59. The summed E-state index contributed by atoms with van der Waals surface area (Å²) >= 11 is 0. The highest BCUT2D eigenvalue weighted by atomic mass is 16.6. The van der Waals surface area contributed by atoms with Gasteiger partial charge in [-0.05, 0) is 12.8 Å². The van der Waals surface area contributed by atoms with Crippen LogP contribution >= 0.6 is 0 Å². The Hall–Kier alpha value is -1.30. The highest BCUT2D eigenvalue weighted by Gasteiger charge is 2.26.